The van der Waals surface area contributed by atoms with Crippen LogP contribution in [0.1, 0.15) is 36.6 Å². The first-order chi connectivity index (χ1) is 17.0. The smallest absolute Gasteiger partial charge is 0.256 e. The van der Waals surface area contributed by atoms with Crippen LogP contribution < -0.4 is 10.6 Å². The standard InChI is InChI=1S/C29H25N3O3/c1-32(20-21-10-4-2-5-11-21)29(35)25-14-8-9-15-26(25)31-28(34)23-16-18-24(19-17-23)30-27(33)22-12-6-3-7-13-22/h2-19H,20H2,1H3,(H,30,33)(H,31,34). The molecule has 0 heterocycles. The molecule has 2 N–H and O–H groups in total. The average molecular weight is 464 g/mol. The number of nitrogens with zero attached hydrogens (tertiary/aromatic N) is 1. The summed E-state index contributed by atoms with van der Waals surface area (Å²) in [6.07, 6.45) is 0. The summed E-state index contributed by atoms with van der Waals surface area (Å²) < 4.78 is 0. The maximum absolute atomic E-state index is 13.1. The van der Waals surface area contributed by atoms with Crippen molar-refractivity contribution in [2.24, 2.45) is 0 Å². The minimum Gasteiger partial charge on any atom is -0.337 e. The number of hydrogen-bond donors (Lipinski definition) is 2. The van der Waals surface area contributed by atoms with Gasteiger partial charge in [0.2, 0.25) is 0 Å². The van der Waals surface area contributed by atoms with Crippen molar-refractivity contribution in [1.29, 1.82) is 0 Å². The van der Waals surface area contributed by atoms with Crippen LogP contribution in [0.5, 0.6) is 0 Å². The summed E-state index contributed by atoms with van der Waals surface area (Å²) in [5.41, 5.74) is 3.39. The molecule has 4 aromatic carbocycles. The van der Waals surface area contributed by atoms with Crippen LogP contribution in [0, 0.1) is 0 Å². The molecule has 0 aliphatic rings. The molecule has 6 heteroatoms. The van der Waals surface area contributed by atoms with Crippen LogP contribution in [0.3, 0.4) is 0 Å². The van der Waals surface area contributed by atoms with Gasteiger partial charge in [0.25, 0.3) is 17.7 Å². The van der Waals surface area contributed by atoms with Crippen LogP contribution in [-0.2, 0) is 6.54 Å². The molecule has 0 saturated heterocycles. The predicted molar refractivity (Wildman–Crippen MR) is 137 cm³/mol. The van der Waals surface area contributed by atoms with Gasteiger partial charge >= 0.3 is 0 Å². The molecule has 0 aliphatic carbocycles. The molecule has 174 valence electrons. The second kappa shape index (κ2) is 10.9. The van der Waals surface area contributed by atoms with Gasteiger partial charge in [-0.05, 0) is 54.1 Å². The van der Waals surface area contributed by atoms with E-state index in [1.165, 1.54) is 0 Å². The van der Waals surface area contributed by atoms with Gasteiger partial charge in [0, 0.05) is 30.4 Å². The van der Waals surface area contributed by atoms with Crippen molar-refractivity contribution >= 4 is 29.1 Å². The SMILES string of the molecule is CN(Cc1ccccc1)C(=O)c1ccccc1NC(=O)c1ccc(NC(=O)c2ccccc2)cc1. The molecule has 35 heavy (non-hydrogen) atoms. The van der Waals surface area contributed by atoms with Crippen molar-refractivity contribution in [3.05, 3.63) is 131 Å². The number of nitrogens with one attached hydrogen (secondary N) is 2. The van der Waals surface area contributed by atoms with Gasteiger partial charge < -0.3 is 15.5 Å². The number of amides is 3. The van der Waals surface area contributed by atoms with E-state index < -0.39 is 0 Å². The number of benzene rings is 4. The highest BCUT2D eigenvalue weighted by Gasteiger charge is 2.18. The van der Waals surface area contributed by atoms with E-state index in [9.17, 15) is 14.4 Å². The Bertz CT molecular complexity index is 1320. The molecule has 0 fully saturated rings. The van der Waals surface area contributed by atoms with Crippen molar-refractivity contribution in [1.82, 2.24) is 4.90 Å². The van der Waals surface area contributed by atoms with E-state index in [1.807, 2.05) is 36.4 Å². The zero-order valence-corrected chi connectivity index (χ0v) is 19.3. The Morgan fingerprint density at radius 1 is 0.629 bits per heavy atom. The lowest BCUT2D eigenvalue weighted by Gasteiger charge is -2.19. The first-order valence-electron chi connectivity index (χ1n) is 11.2. The van der Waals surface area contributed by atoms with Gasteiger partial charge in [0.05, 0.1) is 11.3 Å². The number of carbonyl (C=O) groups is 3. The monoisotopic (exact) mass is 463 g/mol. The van der Waals surface area contributed by atoms with Crippen LogP contribution >= 0.6 is 0 Å². The summed E-state index contributed by atoms with van der Waals surface area (Å²) in [6, 6.07) is 32.1. The van der Waals surface area contributed by atoms with E-state index in [4.69, 9.17) is 0 Å². The second-order valence-electron chi connectivity index (χ2n) is 8.04. The summed E-state index contributed by atoms with van der Waals surface area (Å²) in [4.78, 5) is 39.9. The van der Waals surface area contributed by atoms with E-state index in [0.29, 0.717) is 34.6 Å². The molecule has 0 spiro atoms. The van der Waals surface area contributed by atoms with E-state index in [0.717, 1.165) is 5.56 Å². The van der Waals surface area contributed by atoms with Gasteiger partial charge in [-0.15, -0.1) is 0 Å². The fourth-order valence-electron chi connectivity index (χ4n) is 3.61. The van der Waals surface area contributed by atoms with Crippen molar-refractivity contribution in [2.75, 3.05) is 17.7 Å². The molecule has 0 atom stereocenters. The van der Waals surface area contributed by atoms with E-state index in [2.05, 4.69) is 10.6 Å². The van der Waals surface area contributed by atoms with Crippen molar-refractivity contribution in [3.63, 3.8) is 0 Å². The van der Waals surface area contributed by atoms with Crippen molar-refractivity contribution < 1.29 is 14.4 Å². The van der Waals surface area contributed by atoms with E-state index in [1.54, 1.807) is 84.7 Å². The Labute approximate surface area is 204 Å². The highest BCUT2D eigenvalue weighted by molar-refractivity contribution is 6.09. The lowest BCUT2D eigenvalue weighted by atomic mass is 10.1. The minimum atomic E-state index is -0.350. The third kappa shape index (κ3) is 6.00. The Morgan fingerprint density at radius 2 is 1.17 bits per heavy atom. The first-order valence-corrected chi connectivity index (χ1v) is 11.2. The van der Waals surface area contributed by atoms with E-state index >= 15 is 0 Å². The third-order valence-electron chi connectivity index (χ3n) is 5.46. The van der Waals surface area contributed by atoms with Crippen molar-refractivity contribution in [2.45, 2.75) is 6.54 Å². The summed E-state index contributed by atoms with van der Waals surface area (Å²) in [6.45, 7) is 0.456. The van der Waals surface area contributed by atoms with Crippen LogP contribution in [0.25, 0.3) is 0 Å². The quantitative estimate of drug-likeness (QED) is 0.382. The number of carbonyl (C=O) groups excluding carboxylic acids is 3. The van der Waals surface area contributed by atoms with Crippen LogP contribution in [-0.4, -0.2) is 29.7 Å². The summed E-state index contributed by atoms with van der Waals surface area (Å²) in [5.74, 6) is -0.768. The fraction of sp³-hybridized carbons (Fsp3) is 0.0690. The first kappa shape index (κ1) is 23.4. The molecule has 0 aromatic heterocycles. The Morgan fingerprint density at radius 3 is 1.86 bits per heavy atom. The van der Waals surface area contributed by atoms with Gasteiger partial charge in [0.15, 0.2) is 0 Å². The number of para-hydroxylation sites is 1. The molecule has 6 nitrogen and oxygen atoms in total. The fourth-order valence-corrected chi connectivity index (χ4v) is 3.61. The zero-order valence-electron chi connectivity index (χ0n) is 19.3. The number of hydrogen-bond acceptors (Lipinski definition) is 3. The molecule has 4 aromatic rings. The second-order valence-corrected chi connectivity index (χ2v) is 8.04. The lowest BCUT2D eigenvalue weighted by molar-refractivity contribution is 0.0786. The molecule has 0 bridgehead atoms. The van der Waals surface area contributed by atoms with E-state index in [-0.39, 0.29) is 17.7 Å². The summed E-state index contributed by atoms with van der Waals surface area (Å²) in [7, 11) is 1.73. The van der Waals surface area contributed by atoms with Gasteiger partial charge in [0.1, 0.15) is 0 Å². The van der Waals surface area contributed by atoms with Gasteiger partial charge in [-0.25, -0.2) is 0 Å². The minimum absolute atomic E-state index is 0.191. The highest BCUT2D eigenvalue weighted by atomic mass is 16.2. The predicted octanol–water partition coefficient (Wildman–Crippen LogP) is 5.46. The number of rotatable bonds is 7. The maximum atomic E-state index is 13.1. The summed E-state index contributed by atoms with van der Waals surface area (Å²) in [5, 5.41) is 5.65. The Balaban J connectivity index is 1.43. The molecule has 0 radical (unpaired) electrons. The van der Waals surface area contributed by atoms with Crippen LogP contribution in [0.2, 0.25) is 0 Å². The van der Waals surface area contributed by atoms with Crippen molar-refractivity contribution in [3.8, 4) is 0 Å². The van der Waals surface area contributed by atoms with Gasteiger partial charge in [-0.3, -0.25) is 14.4 Å². The molecular weight excluding hydrogens is 438 g/mol. The largest absolute Gasteiger partial charge is 0.337 e. The Hall–Kier alpha value is -4.71. The highest BCUT2D eigenvalue weighted by Crippen LogP contribution is 2.20. The topological polar surface area (TPSA) is 78.5 Å². The molecular formula is C29H25N3O3. The maximum Gasteiger partial charge on any atom is 0.256 e. The van der Waals surface area contributed by atoms with Crippen LogP contribution in [0.4, 0.5) is 11.4 Å². The number of anilines is 2. The third-order valence-corrected chi connectivity index (χ3v) is 5.46. The van der Waals surface area contributed by atoms with Gasteiger partial charge in [-0.2, -0.15) is 0 Å². The average Bonchev–Trinajstić information content (AvgIpc) is 2.90. The normalized spacial score (nSPS) is 10.3. The molecule has 0 aliphatic heterocycles. The lowest BCUT2D eigenvalue weighted by Crippen LogP contribution is -2.27. The molecule has 0 unspecified atom stereocenters. The van der Waals surface area contributed by atoms with Gasteiger partial charge in [-0.1, -0.05) is 60.7 Å². The summed E-state index contributed by atoms with van der Waals surface area (Å²) >= 11 is 0. The molecule has 0 saturated carbocycles. The Kier molecular flexibility index (Phi) is 7.33. The van der Waals surface area contributed by atoms with Crippen LogP contribution in [0.15, 0.2) is 109 Å². The molecule has 4 rings (SSSR count). The zero-order chi connectivity index (χ0) is 24.6. The molecule has 3 amide bonds.